The van der Waals surface area contributed by atoms with E-state index in [0.717, 1.165) is 25.3 Å². The Hall–Kier alpha value is -2.42. The van der Waals surface area contributed by atoms with E-state index < -0.39 is 17.1 Å². The van der Waals surface area contributed by atoms with E-state index in [1.807, 2.05) is 11.9 Å². The highest BCUT2D eigenvalue weighted by molar-refractivity contribution is 5.77. The van der Waals surface area contributed by atoms with Crippen LogP contribution in [0.2, 0.25) is 0 Å². The van der Waals surface area contributed by atoms with Crippen molar-refractivity contribution in [1.29, 1.82) is 0 Å². The van der Waals surface area contributed by atoms with Crippen LogP contribution in [0.4, 0.5) is 10.2 Å². The molecule has 1 saturated heterocycles. The number of hydrogen-bond donors (Lipinski definition) is 2. The van der Waals surface area contributed by atoms with E-state index in [4.69, 9.17) is 5.84 Å². The monoisotopic (exact) mass is 362 g/mol. The third-order valence-corrected chi connectivity index (χ3v) is 5.63. The van der Waals surface area contributed by atoms with E-state index in [9.17, 15) is 14.0 Å². The van der Waals surface area contributed by atoms with Crippen molar-refractivity contribution in [2.75, 3.05) is 30.9 Å². The first-order chi connectivity index (χ1) is 12.4. The zero-order valence-corrected chi connectivity index (χ0v) is 14.9. The molecule has 3 N–H and O–H groups in total. The van der Waals surface area contributed by atoms with Gasteiger partial charge in [0, 0.05) is 25.2 Å². The number of nitrogens with zero attached hydrogens (tertiary/aromatic N) is 4. The molecule has 0 spiro atoms. The normalized spacial score (nSPS) is 21.5. The van der Waals surface area contributed by atoms with Gasteiger partial charge in [-0.3, -0.25) is 9.36 Å². The Morgan fingerprint density at radius 1 is 1.35 bits per heavy atom. The minimum atomic E-state index is -0.719. The van der Waals surface area contributed by atoms with Crippen LogP contribution in [0.1, 0.15) is 32.2 Å². The fourth-order valence-electron chi connectivity index (χ4n) is 3.74. The first-order valence-corrected chi connectivity index (χ1v) is 8.97. The van der Waals surface area contributed by atoms with E-state index in [-0.39, 0.29) is 22.9 Å². The lowest BCUT2D eigenvalue weighted by molar-refractivity contribution is 0.428. The van der Waals surface area contributed by atoms with Gasteiger partial charge in [0.25, 0.3) is 5.56 Å². The van der Waals surface area contributed by atoms with Gasteiger partial charge in [-0.25, -0.2) is 14.2 Å². The molecule has 1 aliphatic heterocycles. The van der Waals surface area contributed by atoms with Crippen LogP contribution in [-0.2, 0) is 0 Å². The molecule has 1 unspecified atom stereocenters. The van der Waals surface area contributed by atoms with E-state index in [2.05, 4.69) is 17.2 Å². The highest BCUT2D eigenvalue weighted by Crippen LogP contribution is 2.36. The molecule has 0 radical (unpaired) electrons. The molecule has 0 amide bonds. The van der Waals surface area contributed by atoms with E-state index in [1.165, 1.54) is 4.57 Å². The summed E-state index contributed by atoms with van der Waals surface area (Å²) in [5, 5.41) is 3.27. The lowest BCUT2D eigenvalue weighted by atomic mass is 10.0. The molecule has 2 aromatic heterocycles. The molecular formula is C17H23FN6O2. The van der Waals surface area contributed by atoms with Crippen LogP contribution in [-0.4, -0.2) is 40.4 Å². The number of halogens is 1. The SMILES string of the molecule is CN[C@H](C)C1CCN(c2nc3c(cc2F)c(=O)n(N)c(=O)n3C2CC2)C1. The average molecular weight is 362 g/mol. The van der Waals surface area contributed by atoms with Crippen molar-refractivity contribution >= 4 is 16.9 Å². The second-order valence-electron chi connectivity index (χ2n) is 7.30. The minimum absolute atomic E-state index is 0.0261. The zero-order valence-electron chi connectivity index (χ0n) is 14.9. The number of pyridine rings is 1. The Balaban J connectivity index is 1.84. The maximum atomic E-state index is 14.7. The van der Waals surface area contributed by atoms with Gasteiger partial charge in [0.2, 0.25) is 0 Å². The van der Waals surface area contributed by atoms with Gasteiger partial charge < -0.3 is 16.1 Å². The van der Waals surface area contributed by atoms with Gasteiger partial charge in [-0.15, -0.1) is 0 Å². The molecule has 26 heavy (non-hydrogen) atoms. The predicted octanol–water partition coefficient (Wildman–Crippen LogP) is 0.180. The summed E-state index contributed by atoms with van der Waals surface area (Å²) in [5.74, 6) is 5.62. The van der Waals surface area contributed by atoms with E-state index in [1.54, 1.807) is 0 Å². The summed E-state index contributed by atoms with van der Waals surface area (Å²) < 4.78 is 16.7. The molecule has 9 heteroatoms. The van der Waals surface area contributed by atoms with Gasteiger partial charge in [-0.2, -0.15) is 4.68 Å². The predicted molar refractivity (Wildman–Crippen MR) is 97.5 cm³/mol. The molecule has 1 aliphatic carbocycles. The number of nitrogens with two attached hydrogens (primary N) is 1. The van der Waals surface area contributed by atoms with Crippen molar-refractivity contribution in [3.8, 4) is 0 Å². The fraction of sp³-hybridized carbons (Fsp3) is 0.588. The minimum Gasteiger partial charge on any atom is -0.354 e. The summed E-state index contributed by atoms with van der Waals surface area (Å²) in [4.78, 5) is 31.1. The number of hydrogen-bond acceptors (Lipinski definition) is 6. The smallest absolute Gasteiger partial charge is 0.351 e. The van der Waals surface area contributed by atoms with Crippen molar-refractivity contribution in [2.45, 2.75) is 38.3 Å². The number of anilines is 1. The number of fused-ring (bicyclic) bond motifs is 1. The summed E-state index contributed by atoms with van der Waals surface area (Å²) in [6.45, 7) is 3.47. The Bertz CT molecular complexity index is 980. The van der Waals surface area contributed by atoms with Crippen LogP contribution in [0.25, 0.3) is 11.0 Å². The molecule has 2 aromatic rings. The van der Waals surface area contributed by atoms with Crippen LogP contribution in [0, 0.1) is 11.7 Å². The number of rotatable bonds is 4. The zero-order chi connectivity index (χ0) is 18.6. The fourth-order valence-corrected chi connectivity index (χ4v) is 3.74. The van der Waals surface area contributed by atoms with Crippen LogP contribution in [0.15, 0.2) is 15.7 Å². The molecule has 2 aliphatic rings. The summed E-state index contributed by atoms with van der Waals surface area (Å²) in [6, 6.07) is 1.45. The topological polar surface area (TPSA) is 98.2 Å². The summed E-state index contributed by atoms with van der Waals surface area (Å²) in [6.07, 6.45) is 2.58. The Morgan fingerprint density at radius 3 is 2.73 bits per heavy atom. The molecule has 2 fully saturated rings. The van der Waals surface area contributed by atoms with Crippen molar-refractivity contribution < 1.29 is 4.39 Å². The van der Waals surface area contributed by atoms with Crippen LogP contribution >= 0.6 is 0 Å². The van der Waals surface area contributed by atoms with Gasteiger partial charge >= 0.3 is 5.69 Å². The maximum Gasteiger partial charge on any atom is 0.351 e. The number of aromatic nitrogens is 3. The Morgan fingerprint density at radius 2 is 2.08 bits per heavy atom. The van der Waals surface area contributed by atoms with Crippen molar-refractivity contribution in [3.05, 3.63) is 32.7 Å². The number of nitrogens with one attached hydrogen (secondary N) is 1. The Labute approximate surface area is 149 Å². The standard InChI is InChI=1S/C17H23FN6O2/c1-9(20-2)10-5-6-22(8-10)15-13(18)7-12-14(21-15)23(11-3-4-11)17(26)24(19)16(12)25/h7,9-11,20H,3-6,8,19H2,1-2H3/t9-,10?/m1/s1. The van der Waals surface area contributed by atoms with Crippen molar-refractivity contribution in [2.24, 2.45) is 5.92 Å². The van der Waals surface area contributed by atoms with Gasteiger partial charge in [0.15, 0.2) is 17.3 Å². The molecule has 4 rings (SSSR count). The lowest BCUT2D eigenvalue weighted by Gasteiger charge is -2.22. The summed E-state index contributed by atoms with van der Waals surface area (Å²) in [5.41, 5.74) is -1.09. The van der Waals surface area contributed by atoms with Crippen molar-refractivity contribution in [3.63, 3.8) is 0 Å². The van der Waals surface area contributed by atoms with Crippen LogP contribution in [0.5, 0.6) is 0 Å². The quantitative estimate of drug-likeness (QED) is 0.753. The first kappa shape index (κ1) is 17.0. The highest BCUT2D eigenvalue weighted by Gasteiger charge is 2.32. The lowest BCUT2D eigenvalue weighted by Crippen LogP contribution is -2.45. The second kappa shape index (κ2) is 6.08. The summed E-state index contributed by atoms with van der Waals surface area (Å²) in [7, 11) is 1.91. The van der Waals surface area contributed by atoms with Gasteiger partial charge in [-0.05, 0) is 45.2 Å². The van der Waals surface area contributed by atoms with Crippen molar-refractivity contribution in [1.82, 2.24) is 19.5 Å². The first-order valence-electron chi connectivity index (χ1n) is 8.97. The van der Waals surface area contributed by atoms with Gasteiger partial charge in [-0.1, -0.05) is 0 Å². The van der Waals surface area contributed by atoms with Crippen LogP contribution < -0.4 is 27.3 Å². The van der Waals surface area contributed by atoms with E-state index in [0.29, 0.717) is 29.7 Å². The Kier molecular flexibility index (Phi) is 3.98. The van der Waals surface area contributed by atoms with Gasteiger partial charge in [0.1, 0.15) is 0 Å². The van der Waals surface area contributed by atoms with E-state index >= 15 is 0 Å². The molecule has 0 aromatic carbocycles. The number of nitrogen functional groups attached to an aromatic ring is 1. The average Bonchev–Trinajstić information content (AvgIpc) is 3.35. The van der Waals surface area contributed by atoms with Crippen LogP contribution in [0.3, 0.4) is 0 Å². The molecule has 0 bridgehead atoms. The molecule has 2 atom stereocenters. The molecule has 140 valence electrons. The molecule has 3 heterocycles. The third kappa shape index (κ3) is 2.57. The molecular weight excluding hydrogens is 339 g/mol. The summed E-state index contributed by atoms with van der Waals surface area (Å²) >= 11 is 0. The second-order valence-corrected chi connectivity index (χ2v) is 7.30. The molecule has 8 nitrogen and oxygen atoms in total. The highest BCUT2D eigenvalue weighted by atomic mass is 19.1. The van der Waals surface area contributed by atoms with Gasteiger partial charge in [0.05, 0.1) is 5.39 Å². The third-order valence-electron chi connectivity index (χ3n) is 5.63. The maximum absolute atomic E-state index is 14.7. The molecule has 1 saturated carbocycles. The largest absolute Gasteiger partial charge is 0.354 e.